The van der Waals surface area contributed by atoms with E-state index in [9.17, 15) is 24.5 Å². The van der Waals surface area contributed by atoms with Crippen LogP contribution in [0.25, 0.3) is 0 Å². The van der Waals surface area contributed by atoms with E-state index in [2.05, 4.69) is 5.32 Å². The number of anilines is 1. The number of carbonyl (C=O) groups is 3. The Bertz CT molecular complexity index is 925. The number of amides is 1. The van der Waals surface area contributed by atoms with Gasteiger partial charge in [-0.05, 0) is 30.3 Å². The Morgan fingerprint density at radius 1 is 1.14 bits per heavy atom. The summed E-state index contributed by atoms with van der Waals surface area (Å²) in [5.74, 6) is -1.75. The standard InChI is InChI=1S/C19H17ClN2O6/c1-11(2)18(24)21-13-5-3-12(4-6-13)17(23)10-28-19(25)15-9-14(22(26)27)7-8-16(15)20/h3-9,11H,10H2,1-2H3,(H,21,24). The van der Waals surface area contributed by atoms with Gasteiger partial charge in [-0.25, -0.2) is 4.79 Å². The number of rotatable bonds is 7. The Morgan fingerprint density at radius 3 is 2.36 bits per heavy atom. The highest BCUT2D eigenvalue weighted by molar-refractivity contribution is 6.33. The van der Waals surface area contributed by atoms with Crippen molar-refractivity contribution < 1.29 is 24.0 Å². The fourth-order valence-electron chi connectivity index (χ4n) is 2.10. The average molecular weight is 405 g/mol. The molecule has 1 N–H and O–H groups in total. The molecule has 0 fully saturated rings. The van der Waals surface area contributed by atoms with E-state index in [0.29, 0.717) is 5.69 Å². The van der Waals surface area contributed by atoms with E-state index in [1.54, 1.807) is 26.0 Å². The predicted octanol–water partition coefficient (Wildman–Crippen LogP) is 3.88. The largest absolute Gasteiger partial charge is 0.454 e. The summed E-state index contributed by atoms with van der Waals surface area (Å²) < 4.78 is 4.92. The van der Waals surface area contributed by atoms with E-state index in [1.807, 2.05) is 0 Å². The number of non-ortho nitro benzene ring substituents is 1. The summed E-state index contributed by atoms with van der Waals surface area (Å²) in [5, 5.41) is 13.5. The van der Waals surface area contributed by atoms with Gasteiger partial charge in [0, 0.05) is 29.3 Å². The number of nitro groups is 1. The molecule has 0 heterocycles. The molecule has 0 aliphatic rings. The molecule has 0 unspecified atom stereocenters. The van der Waals surface area contributed by atoms with E-state index in [0.717, 1.165) is 12.1 Å². The zero-order valence-corrected chi connectivity index (χ0v) is 15.9. The number of nitro benzene ring substituents is 1. The van der Waals surface area contributed by atoms with Gasteiger partial charge in [-0.3, -0.25) is 19.7 Å². The van der Waals surface area contributed by atoms with Gasteiger partial charge in [-0.1, -0.05) is 25.4 Å². The monoisotopic (exact) mass is 404 g/mol. The van der Waals surface area contributed by atoms with Gasteiger partial charge >= 0.3 is 5.97 Å². The van der Waals surface area contributed by atoms with Gasteiger partial charge in [0.25, 0.3) is 5.69 Å². The highest BCUT2D eigenvalue weighted by atomic mass is 35.5. The van der Waals surface area contributed by atoms with Crippen molar-refractivity contribution in [1.29, 1.82) is 0 Å². The number of hydrogen-bond donors (Lipinski definition) is 1. The second kappa shape index (κ2) is 9.09. The number of benzene rings is 2. The molecule has 1 amide bonds. The van der Waals surface area contributed by atoms with E-state index in [-0.39, 0.29) is 33.7 Å². The maximum Gasteiger partial charge on any atom is 0.340 e. The Labute approximate surface area is 165 Å². The van der Waals surface area contributed by atoms with Gasteiger partial charge in [0.1, 0.15) is 0 Å². The number of ketones is 1. The molecule has 0 atom stereocenters. The molecule has 0 saturated carbocycles. The molecule has 9 heteroatoms. The number of carbonyl (C=O) groups excluding carboxylic acids is 3. The van der Waals surface area contributed by atoms with Gasteiger partial charge in [0.2, 0.25) is 5.91 Å². The Kier molecular flexibility index (Phi) is 6.84. The molecular formula is C19H17ClN2O6. The molecule has 0 aliphatic heterocycles. The maximum atomic E-state index is 12.2. The lowest BCUT2D eigenvalue weighted by Crippen LogP contribution is -2.18. The topological polar surface area (TPSA) is 116 Å². The number of ether oxygens (including phenoxy) is 1. The summed E-state index contributed by atoms with van der Waals surface area (Å²) in [7, 11) is 0. The molecule has 0 spiro atoms. The normalized spacial score (nSPS) is 10.4. The van der Waals surface area contributed by atoms with E-state index >= 15 is 0 Å². The highest BCUT2D eigenvalue weighted by Gasteiger charge is 2.18. The van der Waals surface area contributed by atoms with Crippen LogP contribution in [0, 0.1) is 16.0 Å². The van der Waals surface area contributed by atoms with Gasteiger partial charge in [0.15, 0.2) is 12.4 Å². The van der Waals surface area contributed by atoms with Crippen LogP contribution in [0.1, 0.15) is 34.6 Å². The fraction of sp³-hybridized carbons (Fsp3) is 0.211. The number of nitrogens with zero attached hydrogens (tertiary/aromatic N) is 1. The van der Waals surface area contributed by atoms with Crippen LogP contribution in [-0.2, 0) is 9.53 Å². The lowest BCUT2D eigenvalue weighted by atomic mass is 10.1. The first kappa shape index (κ1) is 21.0. The lowest BCUT2D eigenvalue weighted by Gasteiger charge is -2.09. The van der Waals surface area contributed by atoms with Crippen LogP contribution in [0.5, 0.6) is 0 Å². The molecular weight excluding hydrogens is 388 g/mol. The van der Waals surface area contributed by atoms with Crippen molar-refractivity contribution in [1.82, 2.24) is 0 Å². The first-order valence-corrected chi connectivity index (χ1v) is 8.62. The van der Waals surface area contributed by atoms with Gasteiger partial charge in [-0.15, -0.1) is 0 Å². The molecule has 0 aromatic heterocycles. The summed E-state index contributed by atoms with van der Waals surface area (Å²) in [6.45, 7) is 2.96. The molecule has 0 saturated heterocycles. The number of esters is 1. The molecule has 2 aromatic rings. The SMILES string of the molecule is CC(C)C(=O)Nc1ccc(C(=O)COC(=O)c2cc([N+](=O)[O-])ccc2Cl)cc1. The van der Waals surface area contributed by atoms with Crippen LogP contribution in [-0.4, -0.2) is 29.2 Å². The van der Waals surface area contributed by atoms with Crippen molar-refractivity contribution in [3.05, 3.63) is 68.7 Å². The van der Waals surface area contributed by atoms with Gasteiger partial charge < -0.3 is 10.1 Å². The van der Waals surface area contributed by atoms with Crippen LogP contribution in [0.15, 0.2) is 42.5 Å². The zero-order chi connectivity index (χ0) is 20.8. The first-order chi connectivity index (χ1) is 13.2. The maximum absolute atomic E-state index is 12.2. The number of halogens is 1. The van der Waals surface area contributed by atoms with Crippen molar-refractivity contribution in [2.45, 2.75) is 13.8 Å². The minimum atomic E-state index is -0.942. The molecule has 28 heavy (non-hydrogen) atoms. The summed E-state index contributed by atoms with van der Waals surface area (Å²) in [4.78, 5) is 46.0. The molecule has 2 rings (SSSR count). The second-order valence-corrected chi connectivity index (χ2v) is 6.55. The minimum absolute atomic E-state index is 0.0201. The lowest BCUT2D eigenvalue weighted by molar-refractivity contribution is -0.384. The Hall–Kier alpha value is -3.26. The summed E-state index contributed by atoms with van der Waals surface area (Å²) in [5.41, 5.74) is 0.299. The van der Waals surface area contributed by atoms with Crippen LogP contribution in [0.2, 0.25) is 5.02 Å². The second-order valence-electron chi connectivity index (χ2n) is 6.14. The average Bonchev–Trinajstić information content (AvgIpc) is 2.66. The Morgan fingerprint density at radius 2 is 1.79 bits per heavy atom. The Balaban J connectivity index is 2.00. The summed E-state index contributed by atoms with van der Waals surface area (Å²) >= 11 is 5.87. The van der Waals surface area contributed by atoms with Crippen LogP contribution in [0.3, 0.4) is 0 Å². The number of Topliss-reactive ketones (excluding diaryl/α,β-unsaturated/α-hetero) is 1. The number of hydrogen-bond acceptors (Lipinski definition) is 6. The molecule has 0 radical (unpaired) electrons. The van der Waals surface area contributed by atoms with E-state index in [1.165, 1.54) is 18.2 Å². The highest BCUT2D eigenvalue weighted by Crippen LogP contribution is 2.23. The number of nitrogens with one attached hydrogen (secondary N) is 1. The van der Waals surface area contributed by atoms with Crippen LogP contribution in [0.4, 0.5) is 11.4 Å². The van der Waals surface area contributed by atoms with Crippen molar-refractivity contribution in [3.63, 3.8) is 0 Å². The molecule has 0 aliphatic carbocycles. The van der Waals surface area contributed by atoms with Crippen molar-refractivity contribution in [2.24, 2.45) is 5.92 Å². The smallest absolute Gasteiger partial charge is 0.340 e. The van der Waals surface area contributed by atoms with Crippen molar-refractivity contribution in [3.8, 4) is 0 Å². The third kappa shape index (κ3) is 5.37. The fourth-order valence-corrected chi connectivity index (χ4v) is 2.30. The third-order valence-corrected chi connectivity index (χ3v) is 4.04. The molecule has 8 nitrogen and oxygen atoms in total. The predicted molar refractivity (Wildman–Crippen MR) is 103 cm³/mol. The van der Waals surface area contributed by atoms with Gasteiger partial charge in [0.05, 0.1) is 15.5 Å². The van der Waals surface area contributed by atoms with E-state index < -0.39 is 23.3 Å². The van der Waals surface area contributed by atoms with Crippen LogP contribution >= 0.6 is 11.6 Å². The van der Waals surface area contributed by atoms with E-state index in [4.69, 9.17) is 16.3 Å². The third-order valence-electron chi connectivity index (χ3n) is 3.71. The van der Waals surface area contributed by atoms with Crippen molar-refractivity contribution >= 4 is 40.6 Å². The minimum Gasteiger partial charge on any atom is -0.454 e. The van der Waals surface area contributed by atoms with Gasteiger partial charge in [-0.2, -0.15) is 0 Å². The zero-order valence-electron chi connectivity index (χ0n) is 15.1. The quantitative estimate of drug-likeness (QED) is 0.324. The summed E-state index contributed by atoms with van der Waals surface area (Å²) in [6, 6.07) is 9.46. The van der Waals surface area contributed by atoms with Crippen molar-refractivity contribution in [2.75, 3.05) is 11.9 Å². The molecule has 0 bridgehead atoms. The van der Waals surface area contributed by atoms with Crippen LogP contribution < -0.4 is 5.32 Å². The first-order valence-electron chi connectivity index (χ1n) is 8.24. The molecule has 2 aromatic carbocycles. The summed E-state index contributed by atoms with van der Waals surface area (Å²) in [6.07, 6.45) is 0. The molecule has 146 valence electrons.